The van der Waals surface area contributed by atoms with Crippen molar-refractivity contribution in [1.29, 1.82) is 0 Å². The molecule has 4 aromatic carbocycles. The molecule has 0 aliphatic rings. The standard InChI is InChI=1S/2C20H28O3S.Ca/c2*1-2-3-4-5-6-7-8-9-11-17-14-15-19-18(16-17)12-10-13-20(19)24(21,22)23;/h2*10,12-16H,2-9,11H2,1H3,(H,21,22,23);/q;;+2/p-2. The van der Waals surface area contributed by atoms with E-state index < -0.39 is 20.2 Å². The molecule has 0 N–H and O–H groups in total. The summed E-state index contributed by atoms with van der Waals surface area (Å²) in [4.78, 5) is -0.253. The fourth-order valence-corrected chi connectivity index (χ4v) is 7.68. The number of benzene rings is 4. The van der Waals surface area contributed by atoms with Crippen molar-refractivity contribution < 1.29 is 25.9 Å². The largest absolute Gasteiger partial charge is 2.00 e. The van der Waals surface area contributed by atoms with Crippen molar-refractivity contribution in [2.75, 3.05) is 0 Å². The molecular weight excluding hydrogens is 681 g/mol. The quantitative estimate of drug-likeness (QED) is 0.0507. The molecule has 0 radical (unpaired) electrons. The molecule has 0 spiro atoms. The number of unbranched alkanes of at least 4 members (excludes halogenated alkanes) is 14. The van der Waals surface area contributed by atoms with E-state index >= 15 is 0 Å². The topological polar surface area (TPSA) is 114 Å². The van der Waals surface area contributed by atoms with Gasteiger partial charge in [-0.2, -0.15) is 0 Å². The Hall–Kier alpha value is -1.52. The van der Waals surface area contributed by atoms with Crippen LogP contribution in [0, 0.1) is 0 Å². The first-order valence-corrected chi connectivity index (χ1v) is 20.8. The summed E-state index contributed by atoms with van der Waals surface area (Å²) < 4.78 is 67.9. The molecule has 4 rings (SSSR count). The van der Waals surface area contributed by atoms with E-state index in [1.54, 1.807) is 24.3 Å². The Morgan fingerprint density at radius 3 is 1.10 bits per heavy atom. The molecule has 0 fully saturated rings. The van der Waals surface area contributed by atoms with E-state index in [4.69, 9.17) is 0 Å². The van der Waals surface area contributed by atoms with Crippen LogP contribution in [0.15, 0.2) is 82.6 Å². The van der Waals surface area contributed by atoms with Gasteiger partial charge in [0.1, 0.15) is 20.2 Å². The predicted molar refractivity (Wildman–Crippen MR) is 202 cm³/mol. The second kappa shape index (κ2) is 23.1. The summed E-state index contributed by atoms with van der Waals surface area (Å²) in [7, 11) is -8.85. The molecule has 6 nitrogen and oxygen atoms in total. The number of hydrogen-bond donors (Lipinski definition) is 0. The third-order valence-corrected chi connectivity index (χ3v) is 10.8. The summed E-state index contributed by atoms with van der Waals surface area (Å²) in [6.07, 6.45) is 22.7. The van der Waals surface area contributed by atoms with Gasteiger partial charge in [0.25, 0.3) is 0 Å². The van der Waals surface area contributed by atoms with Crippen LogP contribution in [0.5, 0.6) is 0 Å². The Bertz CT molecular complexity index is 1640. The predicted octanol–water partition coefficient (Wildman–Crippen LogP) is 10.5. The van der Waals surface area contributed by atoms with E-state index in [1.807, 2.05) is 36.4 Å². The molecule has 49 heavy (non-hydrogen) atoms. The van der Waals surface area contributed by atoms with Crippen molar-refractivity contribution in [1.82, 2.24) is 0 Å². The van der Waals surface area contributed by atoms with Gasteiger partial charge in [-0.3, -0.25) is 0 Å². The van der Waals surface area contributed by atoms with E-state index in [0.29, 0.717) is 10.8 Å². The third kappa shape index (κ3) is 15.7. The normalized spacial score (nSPS) is 11.7. The van der Waals surface area contributed by atoms with Gasteiger partial charge in [0, 0.05) is 0 Å². The Labute approximate surface area is 326 Å². The Balaban J connectivity index is 0.000000333. The first-order valence-electron chi connectivity index (χ1n) is 18.0. The minimum atomic E-state index is -4.43. The maximum atomic E-state index is 11.3. The molecule has 0 bridgehead atoms. The molecule has 0 saturated carbocycles. The number of hydrogen-bond acceptors (Lipinski definition) is 6. The van der Waals surface area contributed by atoms with Crippen LogP contribution in [-0.2, 0) is 33.1 Å². The summed E-state index contributed by atoms with van der Waals surface area (Å²) in [5.41, 5.74) is 2.41. The molecule has 0 amide bonds. The van der Waals surface area contributed by atoms with Crippen LogP contribution in [0.2, 0.25) is 0 Å². The van der Waals surface area contributed by atoms with Gasteiger partial charge in [-0.25, -0.2) is 16.8 Å². The van der Waals surface area contributed by atoms with Crippen LogP contribution in [0.1, 0.15) is 128 Å². The Morgan fingerprint density at radius 2 is 0.776 bits per heavy atom. The van der Waals surface area contributed by atoms with Crippen LogP contribution in [0.4, 0.5) is 0 Å². The van der Waals surface area contributed by atoms with Gasteiger partial charge in [0.15, 0.2) is 0 Å². The van der Waals surface area contributed by atoms with Gasteiger partial charge in [0.05, 0.1) is 9.79 Å². The van der Waals surface area contributed by atoms with Gasteiger partial charge in [-0.15, -0.1) is 0 Å². The average Bonchev–Trinajstić information content (AvgIpc) is 3.06. The maximum Gasteiger partial charge on any atom is 2.00 e. The van der Waals surface area contributed by atoms with Crippen molar-refractivity contribution in [2.45, 2.75) is 139 Å². The molecule has 0 aliphatic heterocycles. The van der Waals surface area contributed by atoms with Gasteiger partial charge in [-0.05, 0) is 70.5 Å². The van der Waals surface area contributed by atoms with Gasteiger partial charge < -0.3 is 9.11 Å². The summed E-state index contributed by atoms with van der Waals surface area (Å²) in [6, 6.07) is 21.2. The van der Waals surface area contributed by atoms with Crippen molar-refractivity contribution >= 4 is 79.5 Å². The van der Waals surface area contributed by atoms with Crippen LogP contribution >= 0.6 is 0 Å². The van der Waals surface area contributed by atoms with E-state index in [0.717, 1.165) is 36.5 Å². The first kappa shape index (κ1) is 43.6. The van der Waals surface area contributed by atoms with Crippen LogP contribution in [-0.4, -0.2) is 63.7 Å². The van der Waals surface area contributed by atoms with Gasteiger partial charge in [0.2, 0.25) is 0 Å². The van der Waals surface area contributed by atoms with Gasteiger partial charge >= 0.3 is 37.7 Å². The fraction of sp³-hybridized carbons (Fsp3) is 0.500. The molecule has 4 aromatic rings. The minimum absolute atomic E-state index is 0. The van der Waals surface area contributed by atoms with Crippen molar-refractivity contribution in [3.8, 4) is 0 Å². The summed E-state index contributed by atoms with van der Waals surface area (Å²) in [6.45, 7) is 4.47. The molecule has 0 atom stereocenters. The average molecular weight is 735 g/mol. The zero-order valence-corrected chi connectivity index (χ0v) is 33.5. The molecule has 0 heterocycles. The van der Waals surface area contributed by atoms with E-state index in [-0.39, 0.29) is 47.5 Å². The van der Waals surface area contributed by atoms with Crippen LogP contribution < -0.4 is 0 Å². The van der Waals surface area contributed by atoms with Crippen LogP contribution in [0.3, 0.4) is 0 Å². The SMILES string of the molecule is CCCCCCCCCCc1ccc2c(S(=O)(=O)[O-])cccc2c1.CCCCCCCCCCc1ccc2c(S(=O)(=O)[O-])cccc2c1.[Ca+2]. The number of rotatable bonds is 20. The van der Waals surface area contributed by atoms with E-state index in [9.17, 15) is 25.9 Å². The summed E-state index contributed by atoms with van der Waals surface area (Å²) in [5.74, 6) is 0. The van der Waals surface area contributed by atoms with E-state index in [1.165, 1.54) is 113 Å². The monoisotopic (exact) mass is 734 g/mol. The van der Waals surface area contributed by atoms with Crippen LogP contribution in [0.25, 0.3) is 21.5 Å². The third-order valence-electron chi connectivity index (χ3n) is 8.99. The molecule has 264 valence electrons. The maximum absolute atomic E-state index is 11.3. The number of aryl methyl sites for hydroxylation is 2. The first-order chi connectivity index (χ1) is 23.0. The molecule has 0 unspecified atom stereocenters. The summed E-state index contributed by atoms with van der Waals surface area (Å²) in [5, 5.41) is 2.69. The second-order valence-corrected chi connectivity index (χ2v) is 15.7. The minimum Gasteiger partial charge on any atom is -0.744 e. The Kier molecular flexibility index (Phi) is 20.6. The van der Waals surface area contributed by atoms with E-state index in [2.05, 4.69) is 13.8 Å². The second-order valence-electron chi connectivity index (χ2n) is 13.0. The summed E-state index contributed by atoms with van der Waals surface area (Å²) >= 11 is 0. The van der Waals surface area contributed by atoms with Crippen molar-refractivity contribution in [3.05, 3.63) is 83.9 Å². The van der Waals surface area contributed by atoms with Gasteiger partial charge in [-0.1, -0.05) is 164 Å². The zero-order valence-electron chi connectivity index (χ0n) is 29.6. The Morgan fingerprint density at radius 1 is 0.449 bits per heavy atom. The molecular formula is C40H54CaO6S2. The smallest absolute Gasteiger partial charge is 0.744 e. The molecule has 0 aliphatic carbocycles. The van der Waals surface area contributed by atoms with Crippen molar-refractivity contribution in [3.63, 3.8) is 0 Å². The molecule has 0 saturated heterocycles. The molecule has 0 aromatic heterocycles. The number of fused-ring (bicyclic) bond motifs is 2. The zero-order chi connectivity index (χ0) is 34.8. The van der Waals surface area contributed by atoms with Crippen molar-refractivity contribution in [2.24, 2.45) is 0 Å². The molecule has 9 heteroatoms. The fourth-order valence-electron chi connectivity index (χ4n) is 6.28.